The van der Waals surface area contributed by atoms with Crippen LogP contribution in [-0.2, 0) is 10.0 Å². The molecule has 0 spiro atoms. The Kier molecular flexibility index (Phi) is 4.43. The van der Waals surface area contributed by atoms with Gasteiger partial charge in [-0.15, -0.1) is 0 Å². The van der Waals surface area contributed by atoms with Gasteiger partial charge < -0.3 is 5.11 Å². The molecular formula is C16H11F2N3O4S. The number of carboxylic acid groups (broad SMARTS) is 1. The standard InChI is InChI=1S/C16H11F2N3O4S/c17-10-2-5-15(21-7-1-6-19-21)14(8-10)20-26(24,25)11-3-4-13(18)12(9-11)16(22)23/h1-9,20H,(H,22,23). The summed E-state index contributed by atoms with van der Waals surface area (Å²) < 4.78 is 55.7. The van der Waals surface area contributed by atoms with Gasteiger partial charge in [-0.1, -0.05) is 0 Å². The molecule has 0 fully saturated rings. The van der Waals surface area contributed by atoms with Gasteiger partial charge in [0.25, 0.3) is 10.0 Å². The van der Waals surface area contributed by atoms with Gasteiger partial charge in [-0.25, -0.2) is 26.7 Å². The quantitative estimate of drug-likeness (QED) is 0.710. The van der Waals surface area contributed by atoms with E-state index in [2.05, 4.69) is 9.82 Å². The molecule has 0 amide bonds. The number of aromatic nitrogens is 2. The van der Waals surface area contributed by atoms with Crippen LogP contribution in [0.1, 0.15) is 10.4 Å². The molecule has 0 aliphatic carbocycles. The summed E-state index contributed by atoms with van der Waals surface area (Å²) >= 11 is 0. The number of aromatic carboxylic acids is 1. The average Bonchev–Trinajstić information content (AvgIpc) is 3.08. The van der Waals surface area contributed by atoms with Crippen LogP contribution >= 0.6 is 0 Å². The first kappa shape index (κ1) is 17.5. The first-order valence-electron chi connectivity index (χ1n) is 7.13. The topological polar surface area (TPSA) is 101 Å². The predicted octanol–water partition coefficient (Wildman–Crippen LogP) is 2.65. The number of anilines is 1. The number of sulfonamides is 1. The van der Waals surface area contributed by atoms with Gasteiger partial charge in [0.15, 0.2) is 0 Å². The van der Waals surface area contributed by atoms with Gasteiger partial charge in [-0.3, -0.25) is 4.72 Å². The Morgan fingerprint density at radius 3 is 2.58 bits per heavy atom. The number of rotatable bonds is 5. The van der Waals surface area contributed by atoms with Gasteiger partial charge in [0.1, 0.15) is 11.6 Å². The van der Waals surface area contributed by atoms with E-state index in [0.29, 0.717) is 6.07 Å². The molecule has 2 aromatic carbocycles. The van der Waals surface area contributed by atoms with E-state index in [1.165, 1.54) is 23.1 Å². The summed E-state index contributed by atoms with van der Waals surface area (Å²) in [5, 5.41) is 12.9. The Bertz CT molecular complexity index is 1080. The van der Waals surface area contributed by atoms with Gasteiger partial charge in [-0.2, -0.15) is 5.10 Å². The zero-order chi connectivity index (χ0) is 18.9. The Morgan fingerprint density at radius 2 is 1.92 bits per heavy atom. The number of halogens is 2. The van der Waals surface area contributed by atoms with Crippen LogP contribution in [-0.4, -0.2) is 29.3 Å². The number of nitrogens with zero attached hydrogens (tertiary/aromatic N) is 2. The van der Waals surface area contributed by atoms with E-state index in [1.807, 2.05) is 0 Å². The summed E-state index contributed by atoms with van der Waals surface area (Å²) in [4.78, 5) is 10.5. The Labute approximate surface area is 146 Å². The lowest BCUT2D eigenvalue weighted by molar-refractivity contribution is 0.0691. The maximum absolute atomic E-state index is 13.6. The van der Waals surface area contributed by atoms with Crippen molar-refractivity contribution < 1.29 is 27.1 Å². The Morgan fingerprint density at radius 1 is 1.15 bits per heavy atom. The molecule has 1 aromatic heterocycles. The molecular weight excluding hydrogens is 368 g/mol. The van der Waals surface area contributed by atoms with Crippen LogP contribution in [0.25, 0.3) is 5.69 Å². The summed E-state index contributed by atoms with van der Waals surface area (Å²) in [7, 11) is -4.30. The molecule has 10 heteroatoms. The molecule has 1 heterocycles. The lowest BCUT2D eigenvalue weighted by Gasteiger charge is -2.13. The van der Waals surface area contributed by atoms with E-state index in [-0.39, 0.29) is 11.4 Å². The number of nitrogens with one attached hydrogen (secondary N) is 1. The van der Waals surface area contributed by atoms with E-state index >= 15 is 0 Å². The van der Waals surface area contributed by atoms with Crippen LogP contribution in [0.3, 0.4) is 0 Å². The molecule has 7 nitrogen and oxygen atoms in total. The molecule has 0 unspecified atom stereocenters. The highest BCUT2D eigenvalue weighted by molar-refractivity contribution is 7.92. The average molecular weight is 379 g/mol. The number of carboxylic acids is 1. The van der Waals surface area contributed by atoms with E-state index < -0.39 is 38.1 Å². The summed E-state index contributed by atoms with van der Waals surface area (Å²) in [5.74, 6) is -3.37. The van der Waals surface area contributed by atoms with Gasteiger partial charge >= 0.3 is 5.97 Å². The van der Waals surface area contributed by atoms with Crippen molar-refractivity contribution in [3.05, 3.63) is 72.1 Å². The molecule has 0 saturated heterocycles. The van der Waals surface area contributed by atoms with E-state index in [4.69, 9.17) is 5.11 Å². The molecule has 0 bridgehead atoms. The van der Waals surface area contributed by atoms with Crippen molar-refractivity contribution in [3.8, 4) is 5.69 Å². The smallest absolute Gasteiger partial charge is 0.338 e. The summed E-state index contributed by atoms with van der Waals surface area (Å²) in [6.45, 7) is 0. The molecule has 3 aromatic rings. The molecule has 3 rings (SSSR count). The lowest BCUT2D eigenvalue weighted by Crippen LogP contribution is -2.16. The van der Waals surface area contributed by atoms with Crippen molar-refractivity contribution in [2.75, 3.05) is 4.72 Å². The predicted molar refractivity (Wildman–Crippen MR) is 87.7 cm³/mol. The van der Waals surface area contributed by atoms with Crippen LogP contribution in [0.2, 0.25) is 0 Å². The van der Waals surface area contributed by atoms with Gasteiger partial charge in [-0.05, 0) is 36.4 Å². The molecule has 2 N–H and O–H groups in total. The van der Waals surface area contributed by atoms with E-state index in [9.17, 15) is 22.0 Å². The van der Waals surface area contributed by atoms with Crippen LogP contribution in [0.4, 0.5) is 14.5 Å². The highest BCUT2D eigenvalue weighted by atomic mass is 32.2. The molecule has 0 radical (unpaired) electrons. The number of hydrogen-bond donors (Lipinski definition) is 2. The molecule has 0 aliphatic rings. The minimum atomic E-state index is -4.30. The van der Waals surface area contributed by atoms with Gasteiger partial charge in [0.05, 0.1) is 21.8 Å². The second-order valence-electron chi connectivity index (χ2n) is 5.16. The van der Waals surface area contributed by atoms with Crippen LogP contribution < -0.4 is 4.72 Å². The third-order valence-corrected chi connectivity index (χ3v) is 4.80. The van der Waals surface area contributed by atoms with Crippen molar-refractivity contribution in [3.63, 3.8) is 0 Å². The lowest BCUT2D eigenvalue weighted by atomic mass is 10.2. The fraction of sp³-hybridized carbons (Fsp3) is 0. The molecule has 0 atom stereocenters. The normalized spacial score (nSPS) is 11.3. The fourth-order valence-electron chi connectivity index (χ4n) is 2.24. The highest BCUT2D eigenvalue weighted by Gasteiger charge is 2.21. The maximum Gasteiger partial charge on any atom is 0.338 e. The first-order valence-corrected chi connectivity index (χ1v) is 8.61. The first-order chi connectivity index (χ1) is 12.3. The minimum absolute atomic E-state index is 0.116. The van der Waals surface area contributed by atoms with Crippen molar-refractivity contribution in [2.24, 2.45) is 0 Å². The number of benzene rings is 2. The maximum atomic E-state index is 13.6. The van der Waals surface area contributed by atoms with Crippen molar-refractivity contribution in [1.29, 1.82) is 0 Å². The second kappa shape index (κ2) is 6.56. The molecule has 26 heavy (non-hydrogen) atoms. The van der Waals surface area contributed by atoms with E-state index in [0.717, 1.165) is 24.3 Å². The molecule has 134 valence electrons. The molecule has 0 aliphatic heterocycles. The minimum Gasteiger partial charge on any atom is -0.478 e. The highest BCUT2D eigenvalue weighted by Crippen LogP contribution is 2.25. The largest absolute Gasteiger partial charge is 0.478 e. The number of carbonyl (C=O) groups is 1. The van der Waals surface area contributed by atoms with Crippen LogP contribution in [0, 0.1) is 11.6 Å². The zero-order valence-electron chi connectivity index (χ0n) is 12.9. The number of hydrogen-bond acceptors (Lipinski definition) is 4. The molecule has 0 saturated carbocycles. The third-order valence-electron chi connectivity index (χ3n) is 3.43. The van der Waals surface area contributed by atoms with Gasteiger partial charge in [0.2, 0.25) is 0 Å². The Balaban J connectivity index is 2.05. The van der Waals surface area contributed by atoms with Crippen molar-refractivity contribution in [2.45, 2.75) is 4.90 Å². The summed E-state index contributed by atoms with van der Waals surface area (Å²) in [5.41, 5.74) is -0.658. The van der Waals surface area contributed by atoms with Crippen LogP contribution in [0.5, 0.6) is 0 Å². The Hall–Kier alpha value is -3.27. The third kappa shape index (κ3) is 3.40. The van der Waals surface area contributed by atoms with Crippen molar-refractivity contribution in [1.82, 2.24) is 9.78 Å². The zero-order valence-corrected chi connectivity index (χ0v) is 13.7. The van der Waals surface area contributed by atoms with E-state index in [1.54, 1.807) is 6.07 Å². The van der Waals surface area contributed by atoms with Crippen molar-refractivity contribution >= 4 is 21.7 Å². The monoisotopic (exact) mass is 379 g/mol. The summed E-state index contributed by atoms with van der Waals surface area (Å²) in [6.07, 6.45) is 2.99. The SMILES string of the molecule is O=C(O)c1cc(S(=O)(=O)Nc2cc(F)ccc2-n2cccn2)ccc1F. The van der Waals surface area contributed by atoms with Crippen LogP contribution in [0.15, 0.2) is 59.8 Å². The second-order valence-corrected chi connectivity index (χ2v) is 6.85. The summed E-state index contributed by atoms with van der Waals surface area (Å²) in [6, 6.07) is 7.35. The van der Waals surface area contributed by atoms with Gasteiger partial charge in [0, 0.05) is 18.5 Å². The fourth-order valence-corrected chi connectivity index (χ4v) is 3.33.